The number of alkyl carbamates (subject to hydrolysis) is 1. The third-order valence-electron chi connectivity index (χ3n) is 3.73. The highest BCUT2D eigenvalue weighted by atomic mass is 19.1. The summed E-state index contributed by atoms with van der Waals surface area (Å²) in [5, 5.41) is 11.6. The Labute approximate surface area is 146 Å². The maximum atomic E-state index is 13.2. The van der Waals surface area contributed by atoms with Gasteiger partial charge in [0, 0.05) is 25.3 Å². The average Bonchev–Trinajstić information content (AvgIpc) is 2.91. The molecule has 1 aliphatic heterocycles. The lowest BCUT2D eigenvalue weighted by molar-refractivity contribution is 0.0531. The fourth-order valence-corrected chi connectivity index (χ4v) is 2.64. The van der Waals surface area contributed by atoms with Crippen LogP contribution >= 0.6 is 0 Å². The van der Waals surface area contributed by atoms with Crippen LogP contribution in [0.2, 0.25) is 0 Å². The largest absolute Gasteiger partial charge is 0.478 e. The van der Waals surface area contributed by atoms with Gasteiger partial charge in [0.25, 0.3) is 0 Å². The number of benzene rings is 1. The first-order valence-corrected chi connectivity index (χ1v) is 8.06. The van der Waals surface area contributed by atoms with Crippen LogP contribution in [0, 0.1) is 0 Å². The molecule has 1 heterocycles. The Morgan fingerprint density at radius 2 is 2.12 bits per heavy atom. The molecular weight excluding hydrogens is 327 g/mol. The number of nitrogens with one attached hydrogen (secondary N) is 1. The van der Waals surface area contributed by atoms with Gasteiger partial charge in [-0.3, -0.25) is 0 Å². The third-order valence-corrected chi connectivity index (χ3v) is 3.73. The molecule has 0 bridgehead atoms. The van der Waals surface area contributed by atoms with E-state index in [0.29, 0.717) is 31.4 Å². The summed E-state index contributed by atoms with van der Waals surface area (Å²) in [6.07, 6.45) is 0.594. The molecule has 1 aliphatic rings. The van der Waals surface area contributed by atoms with Crippen molar-refractivity contribution in [3.63, 3.8) is 0 Å². The van der Waals surface area contributed by atoms with Gasteiger partial charge < -0.3 is 20.1 Å². The molecule has 1 aromatic rings. The quantitative estimate of drug-likeness (QED) is 0.853. The van der Waals surface area contributed by atoms with Crippen LogP contribution < -0.4 is 10.2 Å². The molecule has 1 aromatic carbocycles. The van der Waals surface area contributed by atoms with Gasteiger partial charge >= 0.3 is 12.1 Å². The van der Waals surface area contributed by atoms with Crippen LogP contribution in [0.1, 0.15) is 36.7 Å². The maximum absolute atomic E-state index is 13.2. The first kappa shape index (κ1) is 18.8. The maximum Gasteiger partial charge on any atom is 0.407 e. The van der Waals surface area contributed by atoms with Crippen molar-refractivity contribution in [2.75, 3.05) is 24.5 Å². The van der Waals surface area contributed by atoms with E-state index >= 15 is 0 Å². The zero-order chi connectivity index (χ0) is 18.6. The molecule has 0 aliphatic carbocycles. The minimum Gasteiger partial charge on any atom is -0.478 e. The summed E-state index contributed by atoms with van der Waals surface area (Å²) in [5.41, 5.74) is 1.86. The highest BCUT2D eigenvalue weighted by Crippen LogP contribution is 2.29. The van der Waals surface area contributed by atoms with Crippen LogP contribution in [-0.4, -0.2) is 42.4 Å². The van der Waals surface area contributed by atoms with E-state index in [1.54, 1.807) is 32.9 Å². The SMILES string of the molecule is CC(C)(C)OC(=O)NCC(=CF)CN1CCc2cc(C(=O)O)ccc21. The number of ether oxygens (including phenoxy) is 1. The van der Waals surface area contributed by atoms with Gasteiger partial charge in [-0.1, -0.05) is 0 Å². The fraction of sp³-hybridized carbons (Fsp3) is 0.444. The summed E-state index contributed by atoms with van der Waals surface area (Å²) in [4.78, 5) is 24.7. The van der Waals surface area contributed by atoms with Gasteiger partial charge in [0.2, 0.25) is 0 Å². The molecule has 7 heteroatoms. The third kappa shape index (κ3) is 5.20. The molecule has 6 nitrogen and oxygen atoms in total. The monoisotopic (exact) mass is 350 g/mol. The zero-order valence-electron chi connectivity index (χ0n) is 14.6. The molecule has 25 heavy (non-hydrogen) atoms. The number of hydrogen-bond acceptors (Lipinski definition) is 4. The summed E-state index contributed by atoms with van der Waals surface area (Å²) in [7, 11) is 0. The van der Waals surface area contributed by atoms with Crippen LogP contribution in [0.3, 0.4) is 0 Å². The number of carboxylic acids is 1. The Morgan fingerprint density at radius 3 is 2.72 bits per heavy atom. The Balaban J connectivity index is 1.96. The number of fused-ring (bicyclic) bond motifs is 1. The molecule has 2 rings (SSSR count). The molecule has 0 atom stereocenters. The van der Waals surface area contributed by atoms with E-state index < -0.39 is 17.7 Å². The normalized spacial score (nSPS) is 14.2. The molecule has 0 unspecified atom stereocenters. The predicted octanol–water partition coefficient (Wildman–Crippen LogP) is 3.13. The van der Waals surface area contributed by atoms with Gasteiger partial charge in [-0.05, 0) is 56.5 Å². The van der Waals surface area contributed by atoms with E-state index in [0.717, 1.165) is 11.3 Å². The Morgan fingerprint density at radius 1 is 1.40 bits per heavy atom. The van der Waals surface area contributed by atoms with Crippen molar-refractivity contribution in [1.29, 1.82) is 0 Å². The van der Waals surface area contributed by atoms with E-state index in [4.69, 9.17) is 9.84 Å². The summed E-state index contributed by atoms with van der Waals surface area (Å²) in [6.45, 7) is 6.29. The highest BCUT2D eigenvalue weighted by Gasteiger charge is 2.22. The van der Waals surface area contributed by atoms with Crippen molar-refractivity contribution >= 4 is 17.7 Å². The zero-order valence-corrected chi connectivity index (χ0v) is 14.6. The molecule has 0 saturated heterocycles. The number of carboxylic acid groups (broad SMARTS) is 1. The van der Waals surface area contributed by atoms with Gasteiger partial charge in [0.1, 0.15) is 5.60 Å². The van der Waals surface area contributed by atoms with Crippen molar-refractivity contribution in [3.8, 4) is 0 Å². The highest BCUT2D eigenvalue weighted by molar-refractivity contribution is 5.88. The lowest BCUT2D eigenvalue weighted by atomic mass is 10.1. The minimum absolute atomic E-state index is 0.0461. The molecule has 0 saturated carbocycles. The lowest BCUT2D eigenvalue weighted by Crippen LogP contribution is -2.35. The van der Waals surface area contributed by atoms with Crippen LogP contribution in [0.25, 0.3) is 0 Å². The molecule has 136 valence electrons. The van der Waals surface area contributed by atoms with Gasteiger partial charge in [-0.15, -0.1) is 0 Å². The average molecular weight is 350 g/mol. The van der Waals surface area contributed by atoms with E-state index in [2.05, 4.69) is 5.32 Å². The van der Waals surface area contributed by atoms with Crippen molar-refractivity contribution < 1.29 is 23.8 Å². The molecule has 0 aromatic heterocycles. The van der Waals surface area contributed by atoms with E-state index in [-0.39, 0.29) is 12.1 Å². The number of hydrogen-bond donors (Lipinski definition) is 2. The number of anilines is 1. The van der Waals surface area contributed by atoms with Crippen LogP contribution in [0.4, 0.5) is 14.9 Å². The number of halogens is 1. The number of amides is 1. The van der Waals surface area contributed by atoms with Crippen LogP contribution in [-0.2, 0) is 11.2 Å². The summed E-state index contributed by atoms with van der Waals surface area (Å²) in [5.74, 6) is -0.966. The van der Waals surface area contributed by atoms with Crippen molar-refractivity contribution in [2.45, 2.75) is 32.8 Å². The number of carbonyl (C=O) groups is 2. The number of carbonyl (C=O) groups excluding carboxylic acids is 1. The minimum atomic E-state index is -0.966. The molecule has 2 N–H and O–H groups in total. The fourth-order valence-electron chi connectivity index (χ4n) is 2.64. The summed E-state index contributed by atoms with van der Waals surface area (Å²) < 4.78 is 18.3. The van der Waals surface area contributed by atoms with Gasteiger partial charge in [-0.25, -0.2) is 14.0 Å². The first-order chi connectivity index (χ1) is 11.7. The molecule has 1 amide bonds. The van der Waals surface area contributed by atoms with Crippen molar-refractivity contribution in [2.24, 2.45) is 0 Å². The first-order valence-electron chi connectivity index (χ1n) is 8.06. The number of aromatic carboxylic acids is 1. The molecule has 0 fully saturated rings. The van der Waals surface area contributed by atoms with Crippen molar-refractivity contribution in [1.82, 2.24) is 5.32 Å². The predicted molar refractivity (Wildman–Crippen MR) is 92.7 cm³/mol. The Kier molecular flexibility index (Phi) is 5.66. The second kappa shape index (κ2) is 7.55. The standard InChI is InChI=1S/C18H23FN2O4/c1-18(2,3)25-17(24)20-10-12(9-19)11-21-7-6-13-8-14(16(22)23)4-5-15(13)21/h4-5,8-9H,6-7,10-11H2,1-3H3,(H,20,24)(H,22,23). The number of nitrogens with zero attached hydrogens (tertiary/aromatic N) is 1. The Bertz CT molecular complexity index is 695. The van der Waals surface area contributed by atoms with Crippen molar-refractivity contribution in [3.05, 3.63) is 41.2 Å². The molecular formula is C18H23FN2O4. The smallest absolute Gasteiger partial charge is 0.407 e. The summed E-state index contributed by atoms with van der Waals surface area (Å²) in [6, 6.07) is 4.93. The lowest BCUT2D eigenvalue weighted by Gasteiger charge is -2.22. The van der Waals surface area contributed by atoms with Gasteiger partial charge in [0.05, 0.1) is 11.9 Å². The second-order valence-electron chi connectivity index (χ2n) is 6.94. The van der Waals surface area contributed by atoms with Gasteiger partial charge in [-0.2, -0.15) is 0 Å². The van der Waals surface area contributed by atoms with Gasteiger partial charge in [0.15, 0.2) is 0 Å². The molecule has 0 spiro atoms. The molecule has 0 radical (unpaired) electrons. The van der Waals surface area contributed by atoms with E-state index in [1.807, 2.05) is 4.90 Å². The van der Waals surface area contributed by atoms with Crippen LogP contribution in [0.5, 0.6) is 0 Å². The second-order valence-corrected chi connectivity index (χ2v) is 6.94. The summed E-state index contributed by atoms with van der Waals surface area (Å²) >= 11 is 0. The topological polar surface area (TPSA) is 78.9 Å². The van der Waals surface area contributed by atoms with Crippen LogP contribution in [0.15, 0.2) is 30.1 Å². The number of rotatable bonds is 5. The van der Waals surface area contributed by atoms with E-state index in [9.17, 15) is 14.0 Å². The Hall–Kier alpha value is -2.57. The van der Waals surface area contributed by atoms with E-state index in [1.165, 1.54) is 6.07 Å².